The molecular formula is C27H35N3O4S. The summed E-state index contributed by atoms with van der Waals surface area (Å²) in [5.41, 5.74) is 1.56. The van der Waals surface area contributed by atoms with E-state index in [9.17, 15) is 14.4 Å². The summed E-state index contributed by atoms with van der Waals surface area (Å²) < 4.78 is 5.30. The van der Waals surface area contributed by atoms with Gasteiger partial charge in [0, 0.05) is 25.6 Å². The third kappa shape index (κ3) is 8.02. The number of nitrogens with zero attached hydrogens (tertiary/aromatic N) is 1. The van der Waals surface area contributed by atoms with Crippen LogP contribution in [-0.4, -0.2) is 66.9 Å². The molecule has 0 saturated carbocycles. The smallest absolute Gasteiger partial charge is 0.255 e. The van der Waals surface area contributed by atoms with Crippen LogP contribution in [0, 0.1) is 0 Å². The fourth-order valence-electron chi connectivity index (χ4n) is 4.23. The van der Waals surface area contributed by atoms with Crippen molar-refractivity contribution >= 4 is 29.5 Å². The Morgan fingerprint density at radius 2 is 1.74 bits per heavy atom. The molecule has 0 aliphatic carbocycles. The maximum absolute atomic E-state index is 13.3. The molecule has 1 aliphatic rings. The molecule has 3 amide bonds. The van der Waals surface area contributed by atoms with Crippen LogP contribution in [0.4, 0.5) is 0 Å². The van der Waals surface area contributed by atoms with Gasteiger partial charge in [-0.25, -0.2) is 0 Å². The zero-order chi connectivity index (χ0) is 25.0. The van der Waals surface area contributed by atoms with Crippen LogP contribution < -0.4 is 15.4 Å². The number of hydrogen-bond acceptors (Lipinski definition) is 5. The molecule has 1 fully saturated rings. The van der Waals surface area contributed by atoms with Crippen molar-refractivity contribution in [3.8, 4) is 5.75 Å². The topological polar surface area (TPSA) is 87.7 Å². The fourth-order valence-corrected chi connectivity index (χ4v) is 4.70. The van der Waals surface area contributed by atoms with Gasteiger partial charge in [0.05, 0.1) is 12.7 Å². The van der Waals surface area contributed by atoms with Crippen molar-refractivity contribution in [1.82, 2.24) is 15.5 Å². The lowest BCUT2D eigenvalue weighted by molar-refractivity contribution is -0.134. The minimum absolute atomic E-state index is 0.0422. The molecule has 8 heteroatoms. The highest BCUT2D eigenvalue weighted by Gasteiger charge is 2.30. The third-order valence-corrected chi connectivity index (χ3v) is 6.86. The number of amides is 3. The number of likely N-dealkylation sites (tertiary alicyclic amines) is 1. The van der Waals surface area contributed by atoms with Crippen molar-refractivity contribution in [2.75, 3.05) is 32.2 Å². The van der Waals surface area contributed by atoms with Crippen molar-refractivity contribution in [3.05, 3.63) is 65.7 Å². The Hall–Kier alpha value is -3.00. The van der Waals surface area contributed by atoms with Crippen molar-refractivity contribution in [2.24, 2.45) is 0 Å². The molecule has 0 aromatic heterocycles. The van der Waals surface area contributed by atoms with E-state index in [1.807, 2.05) is 36.6 Å². The summed E-state index contributed by atoms with van der Waals surface area (Å²) in [7, 11) is 1.52. The number of carbonyl (C=O) groups is 3. The molecule has 2 aromatic carbocycles. The normalized spacial score (nSPS) is 14.7. The molecule has 188 valence electrons. The second-order valence-electron chi connectivity index (χ2n) is 8.66. The van der Waals surface area contributed by atoms with E-state index in [0.29, 0.717) is 56.5 Å². The Labute approximate surface area is 212 Å². The summed E-state index contributed by atoms with van der Waals surface area (Å²) in [6, 6.07) is 16.4. The molecule has 2 N–H and O–H groups in total. The van der Waals surface area contributed by atoms with Gasteiger partial charge in [0.25, 0.3) is 5.91 Å². The number of nitrogens with one attached hydrogen (secondary N) is 2. The highest BCUT2D eigenvalue weighted by atomic mass is 32.2. The van der Waals surface area contributed by atoms with Gasteiger partial charge in [-0.05, 0) is 55.4 Å². The van der Waals surface area contributed by atoms with E-state index < -0.39 is 6.04 Å². The van der Waals surface area contributed by atoms with Crippen LogP contribution in [-0.2, 0) is 16.0 Å². The summed E-state index contributed by atoms with van der Waals surface area (Å²) >= 11 is 1.64. The van der Waals surface area contributed by atoms with Crippen molar-refractivity contribution in [1.29, 1.82) is 0 Å². The first-order valence-corrected chi connectivity index (χ1v) is 13.5. The summed E-state index contributed by atoms with van der Waals surface area (Å²) in [6.45, 7) is 1.12. The Bertz CT molecular complexity index is 977. The summed E-state index contributed by atoms with van der Waals surface area (Å²) in [4.78, 5) is 40.4. The van der Waals surface area contributed by atoms with Crippen LogP contribution in [0.5, 0.6) is 5.75 Å². The molecule has 0 spiro atoms. The lowest BCUT2D eigenvalue weighted by atomic mass is 10.0. The minimum Gasteiger partial charge on any atom is -0.496 e. The SMILES string of the molecule is COc1ccccc1C(=O)NC(CCSC)C(=O)N1CCC(NC(=O)CCc2ccccc2)CC1. The quantitative estimate of drug-likeness (QED) is 0.498. The van der Waals surface area contributed by atoms with Gasteiger partial charge in [0.1, 0.15) is 11.8 Å². The van der Waals surface area contributed by atoms with Gasteiger partial charge >= 0.3 is 0 Å². The van der Waals surface area contributed by atoms with Crippen LogP contribution in [0.2, 0.25) is 0 Å². The monoisotopic (exact) mass is 497 g/mol. The third-order valence-electron chi connectivity index (χ3n) is 6.22. The maximum Gasteiger partial charge on any atom is 0.255 e. The van der Waals surface area contributed by atoms with Crippen molar-refractivity contribution in [2.45, 2.75) is 44.2 Å². The van der Waals surface area contributed by atoms with Crippen LogP contribution in [0.15, 0.2) is 54.6 Å². The lowest BCUT2D eigenvalue weighted by Gasteiger charge is -2.34. The van der Waals surface area contributed by atoms with Gasteiger partial charge in [0.15, 0.2) is 0 Å². The van der Waals surface area contributed by atoms with Crippen LogP contribution >= 0.6 is 11.8 Å². The van der Waals surface area contributed by atoms with Gasteiger partial charge in [-0.3, -0.25) is 14.4 Å². The molecule has 1 aliphatic heterocycles. The molecule has 1 atom stereocenters. The number of methoxy groups -OCH3 is 1. The molecule has 2 aromatic rings. The fraction of sp³-hybridized carbons (Fsp3) is 0.444. The number of piperidine rings is 1. The van der Waals surface area contributed by atoms with Gasteiger partial charge in [0.2, 0.25) is 11.8 Å². The van der Waals surface area contributed by atoms with Crippen molar-refractivity contribution in [3.63, 3.8) is 0 Å². The van der Waals surface area contributed by atoms with Crippen LogP contribution in [0.25, 0.3) is 0 Å². The van der Waals surface area contributed by atoms with E-state index in [4.69, 9.17) is 4.74 Å². The summed E-state index contributed by atoms with van der Waals surface area (Å²) in [5.74, 6) is 0.889. The molecule has 7 nitrogen and oxygen atoms in total. The van der Waals surface area contributed by atoms with E-state index in [-0.39, 0.29) is 23.8 Å². The largest absolute Gasteiger partial charge is 0.496 e. The Balaban J connectivity index is 1.51. The first kappa shape index (κ1) is 26.6. The van der Waals surface area contributed by atoms with E-state index in [2.05, 4.69) is 10.6 Å². The second-order valence-corrected chi connectivity index (χ2v) is 9.65. The highest BCUT2D eigenvalue weighted by Crippen LogP contribution is 2.19. The Morgan fingerprint density at radius 1 is 1.06 bits per heavy atom. The first-order valence-electron chi connectivity index (χ1n) is 12.1. The van der Waals surface area contributed by atoms with E-state index in [1.165, 1.54) is 7.11 Å². The Kier molecular flexibility index (Phi) is 10.5. The molecular weight excluding hydrogens is 462 g/mol. The number of ether oxygens (including phenoxy) is 1. The average molecular weight is 498 g/mol. The van der Waals surface area contributed by atoms with Gasteiger partial charge < -0.3 is 20.3 Å². The Morgan fingerprint density at radius 3 is 2.43 bits per heavy atom. The maximum atomic E-state index is 13.3. The van der Waals surface area contributed by atoms with Crippen LogP contribution in [0.3, 0.4) is 0 Å². The van der Waals surface area contributed by atoms with E-state index in [0.717, 1.165) is 11.3 Å². The van der Waals surface area contributed by atoms with Gasteiger partial charge in [-0.1, -0.05) is 42.5 Å². The summed E-state index contributed by atoms with van der Waals surface area (Å²) in [5, 5.41) is 6.04. The number of hydrogen-bond donors (Lipinski definition) is 2. The predicted molar refractivity (Wildman–Crippen MR) is 140 cm³/mol. The number of benzene rings is 2. The van der Waals surface area contributed by atoms with E-state index >= 15 is 0 Å². The predicted octanol–water partition coefficient (Wildman–Crippen LogP) is 3.29. The second kappa shape index (κ2) is 13.8. The number of aryl methyl sites for hydroxylation is 1. The van der Waals surface area contributed by atoms with Crippen LogP contribution in [0.1, 0.15) is 41.6 Å². The molecule has 1 heterocycles. The number of para-hydroxylation sites is 1. The standard InChI is InChI=1S/C27H35N3O4S/c1-34-24-11-7-6-10-22(24)26(32)29-23(16-19-35-2)27(33)30-17-14-21(15-18-30)28-25(31)13-12-20-8-4-3-5-9-20/h3-11,21,23H,12-19H2,1-2H3,(H,28,31)(H,29,32). The van der Waals surface area contributed by atoms with E-state index in [1.54, 1.807) is 40.9 Å². The highest BCUT2D eigenvalue weighted by molar-refractivity contribution is 7.98. The minimum atomic E-state index is -0.600. The first-order chi connectivity index (χ1) is 17.0. The molecule has 35 heavy (non-hydrogen) atoms. The molecule has 1 saturated heterocycles. The molecule has 3 rings (SSSR count). The zero-order valence-electron chi connectivity index (χ0n) is 20.5. The zero-order valence-corrected chi connectivity index (χ0v) is 21.3. The number of carbonyl (C=O) groups excluding carboxylic acids is 3. The number of thioether (sulfide) groups is 1. The lowest BCUT2D eigenvalue weighted by Crippen LogP contribution is -2.53. The van der Waals surface area contributed by atoms with Crippen molar-refractivity contribution < 1.29 is 19.1 Å². The van der Waals surface area contributed by atoms with Gasteiger partial charge in [-0.2, -0.15) is 11.8 Å². The molecule has 0 bridgehead atoms. The van der Waals surface area contributed by atoms with Gasteiger partial charge in [-0.15, -0.1) is 0 Å². The molecule has 1 unspecified atom stereocenters. The molecule has 0 radical (unpaired) electrons. The number of rotatable bonds is 11. The summed E-state index contributed by atoms with van der Waals surface area (Å²) in [6.07, 6.45) is 5.12. The average Bonchev–Trinajstić information content (AvgIpc) is 2.90.